The lowest BCUT2D eigenvalue weighted by atomic mass is 10.1. The number of nitrogens with one attached hydrogen (secondary N) is 1. The van der Waals surface area contributed by atoms with Gasteiger partial charge in [-0.15, -0.1) is 0 Å². The first-order valence-corrected chi connectivity index (χ1v) is 11.2. The van der Waals surface area contributed by atoms with Crippen molar-refractivity contribution in [2.24, 2.45) is 0 Å². The number of halogens is 2. The number of aryl methyl sites for hydroxylation is 1. The Hall–Kier alpha value is -2.63. The Morgan fingerprint density at radius 1 is 1.16 bits per heavy atom. The molecule has 0 aliphatic carbocycles. The minimum atomic E-state index is -0.471. The number of hydrogen-bond acceptors (Lipinski definition) is 5. The van der Waals surface area contributed by atoms with E-state index in [0.29, 0.717) is 26.8 Å². The van der Waals surface area contributed by atoms with Gasteiger partial charge in [0.1, 0.15) is 17.4 Å². The van der Waals surface area contributed by atoms with Crippen molar-refractivity contribution in [2.75, 3.05) is 19.8 Å². The van der Waals surface area contributed by atoms with Crippen LogP contribution in [0.2, 0.25) is 0 Å². The zero-order chi connectivity index (χ0) is 22.6. The van der Waals surface area contributed by atoms with E-state index in [9.17, 15) is 14.9 Å². The van der Waals surface area contributed by atoms with Crippen molar-refractivity contribution in [1.29, 1.82) is 5.26 Å². The van der Waals surface area contributed by atoms with Crippen LogP contribution in [0.5, 0.6) is 5.75 Å². The van der Waals surface area contributed by atoms with E-state index >= 15 is 0 Å². The minimum Gasteiger partial charge on any atom is -0.480 e. The van der Waals surface area contributed by atoms with Gasteiger partial charge >= 0.3 is 5.97 Å². The summed E-state index contributed by atoms with van der Waals surface area (Å²) < 4.78 is 11.5. The molecular formula is C23H22Br2N2O4. The lowest BCUT2D eigenvalue weighted by Gasteiger charge is -2.11. The van der Waals surface area contributed by atoms with Crippen LogP contribution in [0, 0.1) is 11.3 Å². The molecule has 1 amide bonds. The maximum Gasteiger partial charge on any atom is 0.344 e. The molecule has 0 fully saturated rings. The van der Waals surface area contributed by atoms with Gasteiger partial charge in [-0.25, -0.2) is 4.79 Å². The minimum absolute atomic E-state index is 0.00120. The number of amides is 1. The number of ether oxygens (including phenoxy) is 2. The van der Waals surface area contributed by atoms with E-state index in [2.05, 4.69) is 37.2 Å². The molecule has 0 radical (unpaired) electrons. The van der Waals surface area contributed by atoms with Gasteiger partial charge in [0.2, 0.25) is 0 Å². The standard InChI is InChI=1S/C23H22Br2N2O4/c1-2-30-21(28)15-31-22-19(24)12-17(13-20(22)25)11-18(14-26)23(29)27-10-6-9-16-7-4-3-5-8-16/h3-5,7-8,11-13H,2,6,9-10,15H2,1H3,(H,27,29)/b18-11-. The summed E-state index contributed by atoms with van der Waals surface area (Å²) in [5, 5.41) is 12.2. The fourth-order valence-electron chi connectivity index (χ4n) is 2.68. The van der Waals surface area contributed by atoms with Gasteiger partial charge in [0.25, 0.3) is 5.91 Å². The van der Waals surface area contributed by atoms with Crippen molar-refractivity contribution in [3.05, 3.63) is 68.1 Å². The molecular weight excluding hydrogens is 528 g/mol. The molecule has 31 heavy (non-hydrogen) atoms. The third kappa shape index (κ3) is 8.19. The van der Waals surface area contributed by atoms with Crippen LogP contribution in [0.4, 0.5) is 0 Å². The van der Waals surface area contributed by atoms with Gasteiger partial charge in [0.15, 0.2) is 6.61 Å². The van der Waals surface area contributed by atoms with Crippen molar-refractivity contribution in [3.63, 3.8) is 0 Å². The smallest absolute Gasteiger partial charge is 0.344 e. The van der Waals surface area contributed by atoms with Crippen molar-refractivity contribution < 1.29 is 19.1 Å². The maximum absolute atomic E-state index is 12.4. The second kappa shape index (κ2) is 12.9. The van der Waals surface area contributed by atoms with Gasteiger partial charge in [-0.3, -0.25) is 4.79 Å². The maximum atomic E-state index is 12.4. The average molecular weight is 550 g/mol. The van der Waals surface area contributed by atoms with Gasteiger partial charge in [0, 0.05) is 6.54 Å². The number of nitriles is 1. The number of hydrogen-bond donors (Lipinski definition) is 1. The topological polar surface area (TPSA) is 88.4 Å². The Morgan fingerprint density at radius 3 is 2.45 bits per heavy atom. The van der Waals surface area contributed by atoms with Crippen LogP contribution in [-0.4, -0.2) is 31.6 Å². The predicted molar refractivity (Wildman–Crippen MR) is 125 cm³/mol. The fourth-order valence-corrected chi connectivity index (χ4v) is 4.13. The van der Waals surface area contributed by atoms with E-state index in [-0.39, 0.29) is 18.8 Å². The summed E-state index contributed by atoms with van der Waals surface area (Å²) in [6.07, 6.45) is 3.12. The van der Waals surface area contributed by atoms with Crippen LogP contribution in [0.15, 0.2) is 57.0 Å². The lowest BCUT2D eigenvalue weighted by molar-refractivity contribution is -0.145. The second-order valence-electron chi connectivity index (χ2n) is 6.42. The number of benzene rings is 2. The normalized spacial score (nSPS) is 10.8. The first-order valence-electron chi connectivity index (χ1n) is 9.66. The predicted octanol–water partition coefficient (Wildman–Crippen LogP) is 4.81. The highest BCUT2D eigenvalue weighted by molar-refractivity contribution is 9.11. The summed E-state index contributed by atoms with van der Waals surface area (Å²) in [5.74, 6) is -0.472. The molecule has 0 aliphatic rings. The molecule has 2 aromatic carbocycles. The van der Waals surface area contributed by atoms with Crippen LogP contribution >= 0.6 is 31.9 Å². The molecule has 0 aliphatic heterocycles. The molecule has 0 aromatic heterocycles. The number of carbonyl (C=O) groups excluding carboxylic acids is 2. The summed E-state index contributed by atoms with van der Waals surface area (Å²) >= 11 is 6.78. The van der Waals surface area contributed by atoms with Crippen molar-refractivity contribution >= 4 is 49.8 Å². The summed E-state index contributed by atoms with van der Waals surface area (Å²) in [7, 11) is 0. The Kier molecular flexibility index (Phi) is 10.3. The summed E-state index contributed by atoms with van der Waals surface area (Å²) in [6.45, 7) is 2.24. The second-order valence-corrected chi connectivity index (χ2v) is 8.13. The third-order valence-corrected chi connectivity index (χ3v) is 5.29. The van der Waals surface area contributed by atoms with Crippen LogP contribution in [0.3, 0.4) is 0 Å². The molecule has 0 unspecified atom stereocenters. The van der Waals surface area contributed by atoms with Gasteiger partial charge in [-0.1, -0.05) is 30.3 Å². The number of nitrogens with zero attached hydrogens (tertiary/aromatic N) is 1. The largest absolute Gasteiger partial charge is 0.480 e. The highest BCUT2D eigenvalue weighted by atomic mass is 79.9. The Labute approximate surface area is 198 Å². The molecule has 0 heterocycles. The van der Waals surface area contributed by atoms with Crippen LogP contribution in [-0.2, 0) is 20.7 Å². The zero-order valence-electron chi connectivity index (χ0n) is 17.0. The molecule has 162 valence electrons. The molecule has 0 bridgehead atoms. The molecule has 0 saturated heterocycles. The first kappa shape index (κ1) is 24.6. The SMILES string of the molecule is CCOC(=O)COc1c(Br)cc(/C=C(/C#N)C(=O)NCCCc2ccccc2)cc1Br. The molecule has 2 rings (SSSR count). The van der Waals surface area contributed by atoms with E-state index in [4.69, 9.17) is 9.47 Å². The number of carbonyl (C=O) groups is 2. The van der Waals surface area contributed by atoms with Crippen LogP contribution in [0.1, 0.15) is 24.5 Å². The Balaban J connectivity index is 1.98. The van der Waals surface area contributed by atoms with Gasteiger partial charge in [0.05, 0.1) is 15.6 Å². The molecule has 6 nitrogen and oxygen atoms in total. The quantitative estimate of drug-likeness (QED) is 0.199. The van der Waals surface area contributed by atoms with E-state index in [1.807, 2.05) is 36.4 Å². The Morgan fingerprint density at radius 2 is 1.84 bits per heavy atom. The highest BCUT2D eigenvalue weighted by Crippen LogP contribution is 2.35. The molecule has 1 N–H and O–H groups in total. The van der Waals surface area contributed by atoms with Gasteiger partial charge < -0.3 is 14.8 Å². The van der Waals surface area contributed by atoms with Crippen molar-refractivity contribution in [2.45, 2.75) is 19.8 Å². The first-order chi connectivity index (χ1) is 14.9. The monoisotopic (exact) mass is 548 g/mol. The van der Waals surface area contributed by atoms with E-state index in [0.717, 1.165) is 12.8 Å². The molecule has 2 aromatic rings. The molecule has 8 heteroatoms. The van der Waals surface area contributed by atoms with Gasteiger partial charge in [-0.2, -0.15) is 5.26 Å². The number of esters is 1. The Bertz CT molecular complexity index is 962. The summed E-state index contributed by atoms with van der Waals surface area (Å²) in [6, 6.07) is 15.3. The van der Waals surface area contributed by atoms with Crippen LogP contribution in [0.25, 0.3) is 6.08 Å². The third-order valence-electron chi connectivity index (χ3n) is 4.11. The lowest BCUT2D eigenvalue weighted by Crippen LogP contribution is -2.25. The molecule has 0 spiro atoms. The van der Waals surface area contributed by atoms with E-state index in [1.54, 1.807) is 19.1 Å². The fraction of sp³-hybridized carbons (Fsp3) is 0.261. The van der Waals surface area contributed by atoms with Crippen molar-refractivity contribution in [3.8, 4) is 11.8 Å². The molecule has 0 saturated carbocycles. The van der Waals surface area contributed by atoms with Gasteiger partial charge in [-0.05, 0) is 81.0 Å². The number of rotatable bonds is 10. The highest BCUT2D eigenvalue weighted by Gasteiger charge is 2.13. The average Bonchev–Trinajstić information content (AvgIpc) is 2.75. The van der Waals surface area contributed by atoms with Crippen molar-refractivity contribution in [1.82, 2.24) is 5.32 Å². The molecule has 0 atom stereocenters. The van der Waals surface area contributed by atoms with E-state index < -0.39 is 11.9 Å². The summed E-state index contributed by atoms with van der Waals surface area (Å²) in [4.78, 5) is 23.9. The van der Waals surface area contributed by atoms with E-state index in [1.165, 1.54) is 11.6 Å². The van der Waals surface area contributed by atoms with Crippen LogP contribution < -0.4 is 10.1 Å². The zero-order valence-corrected chi connectivity index (χ0v) is 20.2. The summed E-state index contributed by atoms with van der Waals surface area (Å²) in [5.41, 5.74) is 1.82.